The molecule has 0 saturated heterocycles. The van der Waals surface area contributed by atoms with Gasteiger partial charge in [0.1, 0.15) is 0 Å². The van der Waals surface area contributed by atoms with Gasteiger partial charge >= 0.3 is 0 Å². The van der Waals surface area contributed by atoms with Gasteiger partial charge in [0.25, 0.3) is 0 Å². The fourth-order valence-corrected chi connectivity index (χ4v) is 4.09. The van der Waals surface area contributed by atoms with Gasteiger partial charge in [0.05, 0.1) is 4.90 Å². The summed E-state index contributed by atoms with van der Waals surface area (Å²) < 4.78 is 25.8. The monoisotopic (exact) mass is 366 g/mol. The minimum atomic E-state index is -3.39. The molecule has 140 valence electrons. The second kappa shape index (κ2) is 8.67. The molecule has 0 unspecified atom stereocenters. The predicted octanol–water partition coefficient (Wildman–Crippen LogP) is 2.23. The molecule has 0 bridgehead atoms. The van der Waals surface area contributed by atoms with Crippen molar-refractivity contribution in [3.63, 3.8) is 0 Å². The third-order valence-electron chi connectivity index (χ3n) is 5.23. The van der Waals surface area contributed by atoms with Gasteiger partial charge in [-0.1, -0.05) is 31.9 Å². The number of sulfonamides is 1. The summed E-state index contributed by atoms with van der Waals surface area (Å²) in [7, 11) is -0.206. The van der Waals surface area contributed by atoms with Crippen LogP contribution in [0, 0.1) is 5.41 Å². The Morgan fingerprint density at radius 3 is 2.32 bits per heavy atom. The lowest BCUT2D eigenvalue weighted by Crippen LogP contribution is -2.42. The van der Waals surface area contributed by atoms with Crippen molar-refractivity contribution in [2.24, 2.45) is 10.4 Å². The third-order valence-corrected chi connectivity index (χ3v) is 6.66. The van der Waals surface area contributed by atoms with Crippen LogP contribution < -0.4 is 15.4 Å². The van der Waals surface area contributed by atoms with Crippen molar-refractivity contribution >= 4 is 16.0 Å². The summed E-state index contributed by atoms with van der Waals surface area (Å²) in [6.45, 7) is 3.81. The molecule has 0 aromatic heterocycles. The van der Waals surface area contributed by atoms with Gasteiger partial charge in [0, 0.05) is 20.1 Å². The topological polar surface area (TPSA) is 82.6 Å². The Labute approximate surface area is 151 Å². The fourth-order valence-electron chi connectivity index (χ4n) is 3.36. The molecule has 1 aromatic carbocycles. The molecule has 0 atom stereocenters. The van der Waals surface area contributed by atoms with Gasteiger partial charge in [-0.15, -0.1) is 0 Å². The smallest absolute Gasteiger partial charge is 0.240 e. The van der Waals surface area contributed by atoms with E-state index < -0.39 is 10.0 Å². The Morgan fingerprint density at radius 2 is 1.80 bits per heavy atom. The molecular formula is C18H30N4O2S. The van der Waals surface area contributed by atoms with Gasteiger partial charge in [-0.05, 0) is 49.4 Å². The van der Waals surface area contributed by atoms with Gasteiger partial charge in [0.15, 0.2) is 5.96 Å². The van der Waals surface area contributed by atoms with Crippen LogP contribution in [0.25, 0.3) is 0 Å². The second-order valence-electron chi connectivity index (χ2n) is 6.69. The molecule has 0 radical (unpaired) electrons. The van der Waals surface area contributed by atoms with Gasteiger partial charge in [0.2, 0.25) is 10.0 Å². The molecular weight excluding hydrogens is 336 g/mol. The van der Waals surface area contributed by atoms with Crippen molar-refractivity contribution in [3.05, 3.63) is 29.8 Å². The number of guanidine groups is 1. The Bertz CT molecular complexity index is 678. The molecule has 1 aliphatic rings. The molecule has 1 fully saturated rings. The van der Waals surface area contributed by atoms with Crippen LogP contribution in [0.15, 0.2) is 34.2 Å². The van der Waals surface area contributed by atoms with Crippen molar-refractivity contribution in [1.29, 1.82) is 0 Å². The standard InChI is InChI=1S/C18H30N4O2S/c1-4-18(11-5-6-12-18)14-22-17(19-2)21-13-15-7-9-16(10-8-15)25(23,24)20-3/h7-10,20H,4-6,11-14H2,1-3H3,(H2,19,21,22). The molecule has 0 amide bonds. The van der Waals surface area contributed by atoms with E-state index in [4.69, 9.17) is 0 Å². The summed E-state index contributed by atoms with van der Waals surface area (Å²) in [5.41, 5.74) is 1.41. The first-order valence-corrected chi connectivity index (χ1v) is 10.4. The van der Waals surface area contributed by atoms with Gasteiger partial charge in [-0.2, -0.15) is 0 Å². The number of benzene rings is 1. The molecule has 0 aliphatic heterocycles. The summed E-state index contributed by atoms with van der Waals surface area (Å²) in [5, 5.41) is 6.75. The highest BCUT2D eigenvalue weighted by Crippen LogP contribution is 2.40. The van der Waals surface area contributed by atoms with E-state index in [1.807, 2.05) is 12.1 Å². The van der Waals surface area contributed by atoms with E-state index >= 15 is 0 Å². The first-order chi connectivity index (χ1) is 11.9. The van der Waals surface area contributed by atoms with Crippen LogP contribution in [0.5, 0.6) is 0 Å². The molecule has 0 heterocycles. The Morgan fingerprint density at radius 1 is 1.16 bits per heavy atom. The lowest BCUT2D eigenvalue weighted by molar-refractivity contribution is 0.283. The summed E-state index contributed by atoms with van der Waals surface area (Å²) in [5.74, 6) is 0.784. The molecule has 1 aromatic rings. The minimum Gasteiger partial charge on any atom is -0.356 e. The quantitative estimate of drug-likeness (QED) is 0.510. The zero-order chi connectivity index (χ0) is 18.3. The van der Waals surface area contributed by atoms with E-state index in [1.165, 1.54) is 39.2 Å². The molecule has 1 saturated carbocycles. The fraction of sp³-hybridized carbons (Fsp3) is 0.611. The van der Waals surface area contributed by atoms with Crippen LogP contribution in [0.1, 0.15) is 44.6 Å². The summed E-state index contributed by atoms with van der Waals surface area (Å²) in [6, 6.07) is 6.86. The van der Waals surface area contributed by atoms with E-state index in [-0.39, 0.29) is 4.90 Å². The number of hydrogen-bond donors (Lipinski definition) is 3. The van der Waals surface area contributed by atoms with Crippen LogP contribution in [0.3, 0.4) is 0 Å². The summed E-state index contributed by atoms with van der Waals surface area (Å²) in [4.78, 5) is 4.56. The average molecular weight is 367 g/mol. The first kappa shape index (κ1) is 19.7. The second-order valence-corrected chi connectivity index (χ2v) is 8.58. The largest absolute Gasteiger partial charge is 0.356 e. The maximum atomic E-state index is 11.7. The van der Waals surface area contributed by atoms with Crippen molar-refractivity contribution in [3.8, 4) is 0 Å². The third kappa shape index (κ3) is 5.19. The average Bonchev–Trinajstić information content (AvgIpc) is 3.11. The van der Waals surface area contributed by atoms with E-state index in [9.17, 15) is 8.42 Å². The van der Waals surface area contributed by atoms with Crippen LogP contribution >= 0.6 is 0 Å². The van der Waals surface area contributed by atoms with E-state index in [2.05, 4.69) is 27.3 Å². The lowest BCUT2D eigenvalue weighted by atomic mass is 9.83. The number of nitrogens with one attached hydrogen (secondary N) is 3. The van der Waals surface area contributed by atoms with Crippen molar-refractivity contribution in [2.45, 2.75) is 50.5 Å². The van der Waals surface area contributed by atoms with Gasteiger partial charge in [-0.25, -0.2) is 13.1 Å². The van der Waals surface area contributed by atoms with E-state index in [0.29, 0.717) is 12.0 Å². The summed E-state index contributed by atoms with van der Waals surface area (Å²) >= 11 is 0. The van der Waals surface area contributed by atoms with Gasteiger partial charge in [-0.3, -0.25) is 4.99 Å². The molecule has 6 nitrogen and oxygen atoms in total. The first-order valence-electron chi connectivity index (χ1n) is 8.92. The SMILES string of the molecule is CCC1(CNC(=NC)NCc2ccc(S(=O)(=O)NC)cc2)CCCC1. The molecule has 25 heavy (non-hydrogen) atoms. The number of rotatable bonds is 7. The zero-order valence-corrected chi connectivity index (χ0v) is 16.2. The van der Waals surface area contributed by atoms with Crippen LogP contribution in [-0.4, -0.2) is 35.0 Å². The van der Waals surface area contributed by atoms with Crippen molar-refractivity contribution < 1.29 is 8.42 Å². The highest BCUT2D eigenvalue weighted by molar-refractivity contribution is 7.89. The van der Waals surface area contributed by atoms with Crippen LogP contribution in [0.4, 0.5) is 0 Å². The van der Waals surface area contributed by atoms with Gasteiger partial charge < -0.3 is 10.6 Å². The van der Waals surface area contributed by atoms with E-state index in [1.54, 1.807) is 19.2 Å². The van der Waals surface area contributed by atoms with Crippen LogP contribution in [-0.2, 0) is 16.6 Å². The zero-order valence-electron chi connectivity index (χ0n) is 15.4. The predicted molar refractivity (Wildman–Crippen MR) is 102 cm³/mol. The van der Waals surface area contributed by atoms with Crippen molar-refractivity contribution in [1.82, 2.24) is 15.4 Å². The number of nitrogens with zero attached hydrogens (tertiary/aromatic N) is 1. The Balaban J connectivity index is 1.88. The van der Waals surface area contributed by atoms with Crippen LogP contribution in [0.2, 0.25) is 0 Å². The summed E-state index contributed by atoms with van der Waals surface area (Å²) in [6.07, 6.45) is 6.41. The molecule has 7 heteroatoms. The maximum Gasteiger partial charge on any atom is 0.240 e. The van der Waals surface area contributed by atoms with Crippen molar-refractivity contribution in [2.75, 3.05) is 20.6 Å². The maximum absolute atomic E-state index is 11.7. The Hall–Kier alpha value is -1.60. The molecule has 1 aliphatic carbocycles. The lowest BCUT2D eigenvalue weighted by Gasteiger charge is -2.28. The minimum absolute atomic E-state index is 0.271. The highest BCUT2D eigenvalue weighted by Gasteiger charge is 2.31. The van der Waals surface area contributed by atoms with E-state index in [0.717, 1.165) is 18.1 Å². The molecule has 2 rings (SSSR count). The Kier molecular flexibility index (Phi) is 6.84. The highest BCUT2D eigenvalue weighted by atomic mass is 32.2. The number of aliphatic imine (C=N–C) groups is 1. The molecule has 3 N–H and O–H groups in total. The molecule has 0 spiro atoms. The normalized spacial score (nSPS) is 17.5. The number of hydrogen-bond acceptors (Lipinski definition) is 3.